The van der Waals surface area contributed by atoms with E-state index in [4.69, 9.17) is 4.74 Å². The number of hydrogen-bond donors (Lipinski definition) is 2. The lowest BCUT2D eigenvalue weighted by Gasteiger charge is -2.30. The number of ether oxygens (including phenoxy) is 1. The number of alkyl halides is 1. The number of benzene rings is 1. The van der Waals surface area contributed by atoms with Gasteiger partial charge in [0.05, 0.1) is 13.7 Å². The molecule has 0 bridgehead atoms. The molecule has 4 heteroatoms. The average Bonchev–Trinajstić information content (AvgIpc) is 2.38. The number of hydrogen-bond acceptors (Lipinski definition) is 3. The molecule has 0 aromatic heterocycles. The van der Waals surface area contributed by atoms with Crippen molar-refractivity contribution in [3.05, 3.63) is 24.3 Å². The second-order valence-corrected chi connectivity index (χ2v) is 4.51. The molecule has 2 N–H and O–H groups in total. The summed E-state index contributed by atoms with van der Waals surface area (Å²) in [5, 5.41) is 6.23. The van der Waals surface area contributed by atoms with E-state index in [9.17, 15) is 4.39 Å². The summed E-state index contributed by atoms with van der Waals surface area (Å²) in [5.41, 5.74) is -0.202. The molecule has 0 amide bonds. The van der Waals surface area contributed by atoms with E-state index in [2.05, 4.69) is 10.6 Å². The highest BCUT2D eigenvalue weighted by molar-refractivity contribution is 5.46. The fourth-order valence-electron chi connectivity index (χ4n) is 2.05. The molecule has 1 atom stereocenters. The van der Waals surface area contributed by atoms with Crippen LogP contribution in [0.15, 0.2) is 24.3 Å². The minimum Gasteiger partial charge on any atom is -0.497 e. The predicted molar refractivity (Wildman–Crippen MR) is 67.4 cm³/mol. The van der Waals surface area contributed by atoms with Gasteiger partial charge in [0.2, 0.25) is 0 Å². The molecule has 1 aromatic rings. The number of nitrogens with one attached hydrogen (secondary N) is 2. The van der Waals surface area contributed by atoms with Crippen LogP contribution in [0.1, 0.15) is 12.8 Å². The van der Waals surface area contributed by atoms with Crippen LogP contribution in [0.2, 0.25) is 0 Å². The number of piperidine rings is 1. The molecule has 3 nitrogen and oxygen atoms in total. The van der Waals surface area contributed by atoms with Crippen LogP contribution in [0.5, 0.6) is 5.75 Å². The first-order valence-corrected chi connectivity index (χ1v) is 5.99. The lowest BCUT2D eigenvalue weighted by Crippen LogP contribution is -2.46. The van der Waals surface area contributed by atoms with E-state index in [1.807, 2.05) is 24.3 Å². The first kappa shape index (κ1) is 12.2. The van der Waals surface area contributed by atoms with Gasteiger partial charge in [0.25, 0.3) is 0 Å². The molecule has 94 valence electrons. The predicted octanol–water partition coefficient (Wildman–Crippen LogP) is 2.20. The Hall–Kier alpha value is -1.29. The molecule has 1 aromatic carbocycles. The summed E-state index contributed by atoms with van der Waals surface area (Å²) < 4.78 is 19.3. The van der Waals surface area contributed by atoms with Crippen molar-refractivity contribution < 1.29 is 9.13 Å². The molecular formula is C13H19FN2O. The molecule has 0 radical (unpaired) electrons. The molecule has 1 saturated heterocycles. The number of anilines is 1. The topological polar surface area (TPSA) is 33.3 Å². The second-order valence-electron chi connectivity index (χ2n) is 4.51. The van der Waals surface area contributed by atoms with Crippen LogP contribution in [0.4, 0.5) is 10.1 Å². The third kappa shape index (κ3) is 3.33. The molecule has 1 fully saturated rings. The van der Waals surface area contributed by atoms with E-state index in [1.165, 1.54) is 0 Å². The van der Waals surface area contributed by atoms with Gasteiger partial charge < -0.3 is 15.4 Å². The zero-order valence-corrected chi connectivity index (χ0v) is 10.1. The van der Waals surface area contributed by atoms with Gasteiger partial charge >= 0.3 is 0 Å². The molecule has 1 aliphatic rings. The van der Waals surface area contributed by atoms with E-state index < -0.39 is 5.67 Å². The van der Waals surface area contributed by atoms with Crippen molar-refractivity contribution in [3.8, 4) is 5.75 Å². The van der Waals surface area contributed by atoms with Gasteiger partial charge in [-0.1, -0.05) is 0 Å². The smallest absolute Gasteiger partial charge is 0.140 e. The molecule has 1 heterocycles. The number of methoxy groups -OCH3 is 1. The number of halogens is 1. The monoisotopic (exact) mass is 238 g/mol. The van der Waals surface area contributed by atoms with Crippen LogP contribution in [-0.4, -0.2) is 32.4 Å². The van der Waals surface area contributed by atoms with Gasteiger partial charge in [-0.2, -0.15) is 0 Å². The van der Waals surface area contributed by atoms with E-state index >= 15 is 0 Å². The molecule has 0 spiro atoms. The van der Waals surface area contributed by atoms with Crippen molar-refractivity contribution in [2.24, 2.45) is 0 Å². The van der Waals surface area contributed by atoms with Crippen LogP contribution < -0.4 is 15.4 Å². The lowest BCUT2D eigenvalue weighted by molar-refractivity contribution is 0.137. The Morgan fingerprint density at radius 3 is 2.76 bits per heavy atom. The summed E-state index contributed by atoms with van der Waals surface area (Å²) >= 11 is 0. The van der Waals surface area contributed by atoms with Crippen LogP contribution in [0.3, 0.4) is 0 Å². The highest BCUT2D eigenvalue weighted by atomic mass is 19.1. The highest BCUT2D eigenvalue weighted by Crippen LogP contribution is 2.22. The molecule has 17 heavy (non-hydrogen) atoms. The van der Waals surface area contributed by atoms with Gasteiger partial charge in [0, 0.05) is 12.2 Å². The normalized spacial score (nSPS) is 24.4. The molecule has 1 unspecified atom stereocenters. The maximum Gasteiger partial charge on any atom is 0.140 e. The van der Waals surface area contributed by atoms with Crippen molar-refractivity contribution >= 4 is 5.69 Å². The maximum atomic E-state index is 14.3. The number of rotatable bonds is 4. The van der Waals surface area contributed by atoms with Gasteiger partial charge in [0.15, 0.2) is 0 Å². The SMILES string of the molecule is COc1ccc(NCC2(F)CCCNC2)cc1. The maximum absolute atomic E-state index is 14.3. The summed E-state index contributed by atoms with van der Waals surface area (Å²) in [7, 11) is 1.63. The average molecular weight is 238 g/mol. The second kappa shape index (κ2) is 5.36. The van der Waals surface area contributed by atoms with Crippen molar-refractivity contribution in [2.45, 2.75) is 18.5 Å². The zero-order valence-electron chi connectivity index (χ0n) is 10.1. The van der Waals surface area contributed by atoms with Crippen molar-refractivity contribution in [1.82, 2.24) is 5.32 Å². The fraction of sp³-hybridized carbons (Fsp3) is 0.538. The first-order chi connectivity index (χ1) is 8.22. The minimum absolute atomic E-state index is 0.354. The van der Waals surface area contributed by atoms with Gasteiger partial charge in [-0.25, -0.2) is 4.39 Å². The summed E-state index contributed by atoms with van der Waals surface area (Å²) in [6, 6.07) is 7.54. The van der Waals surface area contributed by atoms with Crippen molar-refractivity contribution in [1.29, 1.82) is 0 Å². The molecule has 2 rings (SSSR count). The van der Waals surface area contributed by atoms with Gasteiger partial charge in [-0.05, 0) is 43.7 Å². The minimum atomic E-state index is -1.13. The third-order valence-corrected chi connectivity index (χ3v) is 3.12. The highest BCUT2D eigenvalue weighted by Gasteiger charge is 2.31. The van der Waals surface area contributed by atoms with E-state index in [-0.39, 0.29) is 0 Å². The molecule has 0 aliphatic carbocycles. The van der Waals surface area contributed by atoms with Crippen LogP contribution in [0, 0.1) is 0 Å². The lowest BCUT2D eigenvalue weighted by atomic mass is 9.96. The standard InChI is InChI=1S/C13H19FN2O/c1-17-12-5-3-11(4-6-12)16-10-13(14)7-2-8-15-9-13/h3-6,15-16H,2,7-10H2,1H3. The Labute approximate surface area is 101 Å². The first-order valence-electron chi connectivity index (χ1n) is 5.99. The molecule has 1 aliphatic heterocycles. The van der Waals surface area contributed by atoms with Gasteiger partial charge in [0.1, 0.15) is 11.4 Å². The van der Waals surface area contributed by atoms with E-state index in [1.54, 1.807) is 7.11 Å². The fourth-order valence-corrected chi connectivity index (χ4v) is 2.05. The van der Waals surface area contributed by atoms with Gasteiger partial charge in [-0.3, -0.25) is 0 Å². The Balaban J connectivity index is 1.87. The van der Waals surface area contributed by atoms with Crippen molar-refractivity contribution in [3.63, 3.8) is 0 Å². The zero-order chi connectivity index (χ0) is 12.1. The largest absolute Gasteiger partial charge is 0.497 e. The summed E-state index contributed by atoms with van der Waals surface area (Å²) in [4.78, 5) is 0. The van der Waals surface area contributed by atoms with E-state index in [0.717, 1.165) is 24.4 Å². The Morgan fingerprint density at radius 2 is 2.18 bits per heavy atom. The van der Waals surface area contributed by atoms with Crippen LogP contribution in [0.25, 0.3) is 0 Å². The van der Waals surface area contributed by atoms with Crippen molar-refractivity contribution in [2.75, 3.05) is 32.1 Å². The summed E-state index contributed by atoms with van der Waals surface area (Å²) in [5.74, 6) is 0.810. The Kier molecular flexibility index (Phi) is 3.84. The third-order valence-electron chi connectivity index (χ3n) is 3.12. The quantitative estimate of drug-likeness (QED) is 0.843. The summed E-state index contributed by atoms with van der Waals surface area (Å²) in [6.45, 7) is 1.72. The molecule has 0 saturated carbocycles. The van der Waals surface area contributed by atoms with Gasteiger partial charge in [-0.15, -0.1) is 0 Å². The Bertz CT molecular complexity index is 347. The summed E-state index contributed by atoms with van der Waals surface area (Å²) in [6.07, 6.45) is 1.53. The molecular weight excluding hydrogens is 219 g/mol. The van der Waals surface area contributed by atoms with E-state index in [0.29, 0.717) is 19.5 Å². The van der Waals surface area contributed by atoms with Crippen LogP contribution >= 0.6 is 0 Å². The Morgan fingerprint density at radius 1 is 1.41 bits per heavy atom. The van der Waals surface area contributed by atoms with Crippen LogP contribution in [-0.2, 0) is 0 Å².